The van der Waals surface area contributed by atoms with Crippen LogP contribution in [-0.2, 0) is 12.8 Å². The number of carbonyl (C=O) groups excluding carboxylic acids is 1. The number of ketones is 1. The molecule has 0 aliphatic rings. The van der Waals surface area contributed by atoms with Crippen LogP contribution in [0.3, 0.4) is 0 Å². The number of aliphatic hydroxyl groups is 1. The van der Waals surface area contributed by atoms with Crippen molar-refractivity contribution in [3.05, 3.63) is 45.3 Å². The molecule has 1 heterocycles. The quantitative estimate of drug-likeness (QED) is 0.360. The number of phenols is 2. The van der Waals surface area contributed by atoms with Crippen molar-refractivity contribution in [1.82, 2.24) is 0 Å². The number of fused-ring (bicyclic) bond motifs is 1. The van der Waals surface area contributed by atoms with E-state index in [-0.39, 0.29) is 28.5 Å². The van der Waals surface area contributed by atoms with Gasteiger partial charge in [-0.3, -0.25) is 4.79 Å². The molecule has 0 fully saturated rings. The van der Waals surface area contributed by atoms with Gasteiger partial charge in [-0.05, 0) is 25.3 Å². The molecule has 28 heavy (non-hydrogen) atoms. The highest BCUT2D eigenvalue weighted by Crippen LogP contribution is 2.43. The van der Waals surface area contributed by atoms with Gasteiger partial charge >= 0.3 is 5.63 Å². The van der Waals surface area contributed by atoms with Gasteiger partial charge in [-0.15, -0.1) is 0 Å². The number of phenolic OH excluding ortho intramolecular Hbond substituents is 2. The highest BCUT2D eigenvalue weighted by atomic mass is 16.4. The van der Waals surface area contributed by atoms with Gasteiger partial charge in [0.2, 0.25) is 0 Å². The predicted molar refractivity (Wildman–Crippen MR) is 108 cm³/mol. The van der Waals surface area contributed by atoms with Crippen LogP contribution in [0.4, 0.5) is 0 Å². The summed E-state index contributed by atoms with van der Waals surface area (Å²) in [6.45, 7) is 10.8. The molecule has 0 aliphatic carbocycles. The summed E-state index contributed by atoms with van der Waals surface area (Å²) >= 11 is 0. The second-order valence-corrected chi connectivity index (χ2v) is 7.34. The van der Waals surface area contributed by atoms with Gasteiger partial charge in [0, 0.05) is 24.0 Å². The second-order valence-electron chi connectivity index (χ2n) is 7.34. The molecule has 6 heteroatoms. The monoisotopic (exact) mass is 388 g/mol. The standard InChI is InChI=1S/C22H28O6/c1-6-8-13-9-16(24)28-22-14(10-15(23)11(3)4)20(26)18(21(27)17(13)22)19(25)12(5)7-2/h9,12,15,23,26-27H,3,6-8,10H2,1-2,4-5H3. The van der Waals surface area contributed by atoms with Crippen molar-refractivity contribution < 1.29 is 24.5 Å². The summed E-state index contributed by atoms with van der Waals surface area (Å²) in [5, 5.41) is 32.2. The van der Waals surface area contributed by atoms with Crippen molar-refractivity contribution in [2.75, 3.05) is 0 Å². The first-order valence-electron chi connectivity index (χ1n) is 9.55. The van der Waals surface area contributed by atoms with Crippen LogP contribution < -0.4 is 5.63 Å². The van der Waals surface area contributed by atoms with Crippen LogP contribution in [0.2, 0.25) is 0 Å². The molecule has 2 atom stereocenters. The molecule has 0 aliphatic heterocycles. The predicted octanol–water partition coefficient (Wildman–Crippen LogP) is 3.87. The summed E-state index contributed by atoms with van der Waals surface area (Å²) in [6, 6.07) is 1.29. The molecule has 1 aromatic heterocycles. The third-order valence-corrected chi connectivity index (χ3v) is 5.11. The molecule has 0 amide bonds. The Balaban J connectivity index is 2.96. The van der Waals surface area contributed by atoms with E-state index in [9.17, 15) is 24.9 Å². The van der Waals surface area contributed by atoms with E-state index in [4.69, 9.17) is 4.42 Å². The Morgan fingerprint density at radius 3 is 2.43 bits per heavy atom. The summed E-state index contributed by atoms with van der Waals surface area (Å²) in [7, 11) is 0. The van der Waals surface area contributed by atoms with Gasteiger partial charge in [0.05, 0.1) is 11.5 Å². The lowest BCUT2D eigenvalue weighted by Gasteiger charge is -2.19. The average molecular weight is 388 g/mol. The van der Waals surface area contributed by atoms with Gasteiger partial charge in [-0.1, -0.05) is 39.3 Å². The molecule has 3 N–H and O–H groups in total. The van der Waals surface area contributed by atoms with Crippen molar-refractivity contribution in [3.63, 3.8) is 0 Å². The molecule has 1 aromatic carbocycles. The lowest BCUT2D eigenvalue weighted by Crippen LogP contribution is -2.16. The third-order valence-electron chi connectivity index (χ3n) is 5.11. The number of benzene rings is 1. The Hall–Kier alpha value is -2.60. The fourth-order valence-corrected chi connectivity index (χ4v) is 3.20. The number of hydrogen-bond donors (Lipinski definition) is 3. The zero-order valence-electron chi connectivity index (χ0n) is 16.8. The van der Waals surface area contributed by atoms with E-state index < -0.39 is 34.9 Å². The molecular formula is C22H28O6. The fourth-order valence-electron chi connectivity index (χ4n) is 3.20. The van der Waals surface area contributed by atoms with Crippen LogP contribution in [-0.4, -0.2) is 27.2 Å². The molecule has 0 spiro atoms. The molecule has 2 aromatic rings. The van der Waals surface area contributed by atoms with E-state index in [1.54, 1.807) is 13.8 Å². The van der Waals surface area contributed by atoms with E-state index >= 15 is 0 Å². The molecular weight excluding hydrogens is 360 g/mol. The normalized spacial score (nSPS) is 13.5. The van der Waals surface area contributed by atoms with Crippen molar-refractivity contribution in [2.24, 2.45) is 5.92 Å². The minimum absolute atomic E-state index is 0.00745. The van der Waals surface area contributed by atoms with Crippen LogP contribution in [0, 0.1) is 5.92 Å². The third kappa shape index (κ3) is 3.97. The van der Waals surface area contributed by atoms with Crippen molar-refractivity contribution in [1.29, 1.82) is 0 Å². The minimum atomic E-state index is -1.01. The van der Waals surface area contributed by atoms with E-state index in [1.165, 1.54) is 6.07 Å². The Kier molecular flexibility index (Phi) is 6.67. The van der Waals surface area contributed by atoms with E-state index in [2.05, 4.69) is 6.58 Å². The smallest absolute Gasteiger partial charge is 0.336 e. The summed E-state index contributed by atoms with van der Waals surface area (Å²) in [5.41, 5.74) is 0.286. The fraction of sp³-hybridized carbons (Fsp3) is 0.455. The summed E-state index contributed by atoms with van der Waals surface area (Å²) in [4.78, 5) is 24.9. The van der Waals surface area contributed by atoms with Gasteiger partial charge in [0.1, 0.15) is 22.6 Å². The number of hydrogen-bond acceptors (Lipinski definition) is 6. The van der Waals surface area contributed by atoms with E-state index in [0.717, 1.165) is 0 Å². The van der Waals surface area contributed by atoms with Gasteiger partial charge in [0.15, 0.2) is 5.78 Å². The average Bonchev–Trinajstić information content (AvgIpc) is 2.63. The zero-order valence-corrected chi connectivity index (χ0v) is 16.8. The maximum atomic E-state index is 12.9. The zero-order chi connectivity index (χ0) is 21.2. The summed E-state index contributed by atoms with van der Waals surface area (Å²) < 4.78 is 5.32. The molecule has 2 rings (SSSR count). The summed E-state index contributed by atoms with van der Waals surface area (Å²) in [6.07, 6.45) is 0.616. The number of carbonyl (C=O) groups is 1. The topological polar surface area (TPSA) is 108 Å². The SMILES string of the molecule is C=C(C)C(O)Cc1c(O)c(C(=O)C(C)CC)c(O)c2c(CCC)cc(=O)oc12. The second kappa shape index (κ2) is 8.61. The van der Waals surface area contributed by atoms with Crippen LogP contribution in [0.1, 0.15) is 62.0 Å². The Labute approximate surface area is 164 Å². The molecule has 2 unspecified atom stereocenters. The van der Waals surface area contributed by atoms with Gasteiger partial charge in [-0.25, -0.2) is 4.79 Å². The Bertz CT molecular complexity index is 969. The van der Waals surface area contributed by atoms with Crippen molar-refractivity contribution in [2.45, 2.75) is 59.5 Å². The highest BCUT2D eigenvalue weighted by molar-refractivity contribution is 6.09. The number of aryl methyl sites for hydroxylation is 1. The van der Waals surface area contributed by atoms with Gasteiger partial charge in [-0.2, -0.15) is 0 Å². The maximum Gasteiger partial charge on any atom is 0.336 e. The Morgan fingerprint density at radius 2 is 1.89 bits per heavy atom. The molecule has 0 bridgehead atoms. The van der Waals surface area contributed by atoms with Crippen molar-refractivity contribution in [3.8, 4) is 11.5 Å². The minimum Gasteiger partial charge on any atom is -0.507 e. The lowest BCUT2D eigenvalue weighted by atomic mass is 9.89. The van der Waals surface area contributed by atoms with Crippen LogP contribution in [0.5, 0.6) is 11.5 Å². The highest BCUT2D eigenvalue weighted by Gasteiger charge is 2.30. The van der Waals surface area contributed by atoms with Crippen molar-refractivity contribution >= 4 is 16.8 Å². The number of aliphatic hydroxyl groups excluding tert-OH is 1. The van der Waals surface area contributed by atoms with E-state index in [1.807, 2.05) is 13.8 Å². The number of Topliss-reactive ketones (excluding diaryl/α,β-unsaturated/α-hetero) is 1. The largest absolute Gasteiger partial charge is 0.507 e. The number of rotatable bonds is 8. The summed E-state index contributed by atoms with van der Waals surface area (Å²) in [5.74, 6) is -1.68. The first-order valence-corrected chi connectivity index (χ1v) is 9.55. The molecule has 0 radical (unpaired) electrons. The lowest BCUT2D eigenvalue weighted by molar-refractivity contribution is 0.0921. The van der Waals surface area contributed by atoms with Gasteiger partial charge < -0.3 is 19.7 Å². The van der Waals surface area contributed by atoms with Gasteiger partial charge in [0.25, 0.3) is 0 Å². The molecule has 0 saturated carbocycles. The first-order chi connectivity index (χ1) is 13.1. The first kappa shape index (κ1) is 21.7. The molecule has 0 saturated heterocycles. The van der Waals surface area contributed by atoms with Crippen LogP contribution in [0.25, 0.3) is 11.0 Å². The van der Waals surface area contributed by atoms with Crippen LogP contribution >= 0.6 is 0 Å². The maximum absolute atomic E-state index is 12.9. The van der Waals surface area contributed by atoms with Crippen LogP contribution in [0.15, 0.2) is 27.4 Å². The molecule has 6 nitrogen and oxygen atoms in total. The number of aromatic hydroxyl groups is 2. The molecule has 152 valence electrons. The van der Waals surface area contributed by atoms with E-state index in [0.29, 0.717) is 30.4 Å². The Morgan fingerprint density at radius 1 is 1.25 bits per heavy atom.